The van der Waals surface area contributed by atoms with E-state index < -0.39 is 0 Å². The van der Waals surface area contributed by atoms with Crippen molar-refractivity contribution in [2.45, 2.75) is 5.03 Å². The van der Waals surface area contributed by atoms with Crippen LogP contribution in [0.3, 0.4) is 0 Å². The molecule has 13 heavy (non-hydrogen) atoms. The Hall–Kier alpha value is -0.380. The first-order chi connectivity index (χ1) is 6.24. The van der Waals surface area contributed by atoms with Crippen LogP contribution in [0.25, 0.3) is 0 Å². The van der Waals surface area contributed by atoms with Gasteiger partial charge in [0.05, 0.1) is 5.69 Å². The standard InChI is InChI=1S/C8H8Cl2N2S/c9-4-6(10)5-13-8-7(11)2-1-3-12-8/h1-4H,5,11H2/b6-4-. The highest BCUT2D eigenvalue weighted by Gasteiger charge is 2.00. The van der Waals surface area contributed by atoms with Crippen LogP contribution in [0.1, 0.15) is 0 Å². The van der Waals surface area contributed by atoms with Crippen LogP contribution in [-0.2, 0) is 0 Å². The maximum absolute atomic E-state index is 5.71. The van der Waals surface area contributed by atoms with Crippen LogP contribution in [-0.4, -0.2) is 10.7 Å². The minimum atomic E-state index is 0.580. The van der Waals surface area contributed by atoms with Crippen LogP contribution in [0.15, 0.2) is 33.9 Å². The molecule has 2 N–H and O–H groups in total. The summed E-state index contributed by atoms with van der Waals surface area (Å²) in [5.74, 6) is 0.590. The fraction of sp³-hybridized carbons (Fsp3) is 0.125. The second kappa shape index (κ2) is 5.37. The summed E-state index contributed by atoms with van der Waals surface area (Å²) in [7, 11) is 0. The van der Waals surface area contributed by atoms with Crippen LogP contribution in [0, 0.1) is 0 Å². The molecule has 0 unspecified atom stereocenters. The Labute approximate surface area is 91.1 Å². The van der Waals surface area contributed by atoms with E-state index in [1.807, 2.05) is 0 Å². The van der Waals surface area contributed by atoms with Gasteiger partial charge >= 0.3 is 0 Å². The van der Waals surface area contributed by atoms with E-state index >= 15 is 0 Å². The first-order valence-electron chi connectivity index (χ1n) is 3.52. The maximum Gasteiger partial charge on any atom is 0.119 e. The number of rotatable bonds is 3. The summed E-state index contributed by atoms with van der Waals surface area (Å²) in [4.78, 5) is 4.09. The van der Waals surface area contributed by atoms with E-state index in [-0.39, 0.29) is 0 Å². The van der Waals surface area contributed by atoms with Gasteiger partial charge < -0.3 is 5.73 Å². The lowest BCUT2D eigenvalue weighted by atomic mass is 10.4. The molecule has 5 heteroatoms. The number of nitrogens with two attached hydrogens (primary N) is 1. The van der Waals surface area contributed by atoms with Gasteiger partial charge in [-0.3, -0.25) is 0 Å². The largest absolute Gasteiger partial charge is 0.397 e. The second-order valence-electron chi connectivity index (χ2n) is 2.24. The van der Waals surface area contributed by atoms with Crippen molar-refractivity contribution < 1.29 is 0 Å². The van der Waals surface area contributed by atoms with E-state index in [1.165, 1.54) is 17.3 Å². The normalized spacial score (nSPS) is 11.7. The highest BCUT2D eigenvalue weighted by molar-refractivity contribution is 7.99. The predicted molar refractivity (Wildman–Crippen MR) is 59.2 cm³/mol. The zero-order chi connectivity index (χ0) is 9.68. The van der Waals surface area contributed by atoms with Crippen molar-refractivity contribution in [3.05, 3.63) is 28.9 Å². The molecule has 1 aromatic rings. The third-order valence-corrected chi connectivity index (χ3v) is 3.11. The van der Waals surface area contributed by atoms with Gasteiger partial charge in [-0.05, 0) is 12.1 Å². The summed E-state index contributed by atoms with van der Waals surface area (Å²) in [6.45, 7) is 0. The average molecular weight is 235 g/mol. The van der Waals surface area contributed by atoms with Crippen molar-refractivity contribution in [3.8, 4) is 0 Å². The summed E-state index contributed by atoms with van der Waals surface area (Å²) in [5.41, 5.74) is 7.67. The Morgan fingerprint density at radius 2 is 2.46 bits per heavy atom. The fourth-order valence-corrected chi connectivity index (χ4v) is 1.75. The monoisotopic (exact) mass is 234 g/mol. The van der Waals surface area contributed by atoms with Crippen molar-refractivity contribution in [2.75, 3.05) is 11.5 Å². The molecule has 1 rings (SSSR count). The molecule has 0 saturated heterocycles. The van der Waals surface area contributed by atoms with Gasteiger partial charge in [-0.25, -0.2) is 4.98 Å². The van der Waals surface area contributed by atoms with Crippen molar-refractivity contribution in [1.82, 2.24) is 4.98 Å². The maximum atomic E-state index is 5.71. The van der Waals surface area contributed by atoms with E-state index in [0.29, 0.717) is 16.5 Å². The lowest BCUT2D eigenvalue weighted by Crippen LogP contribution is -1.91. The number of anilines is 1. The molecular weight excluding hydrogens is 227 g/mol. The van der Waals surface area contributed by atoms with Gasteiger partial charge in [-0.2, -0.15) is 0 Å². The molecule has 1 heterocycles. The van der Waals surface area contributed by atoms with E-state index in [2.05, 4.69) is 4.98 Å². The third-order valence-electron chi connectivity index (χ3n) is 1.27. The molecule has 0 saturated carbocycles. The molecule has 0 radical (unpaired) electrons. The van der Waals surface area contributed by atoms with Gasteiger partial charge in [0.15, 0.2) is 0 Å². The molecule has 0 amide bonds. The minimum absolute atomic E-state index is 0.580. The number of hydrogen-bond donors (Lipinski definition) is 1. The molecule has 1 aromatic heterocycles. The van der Waals surface area contributed by atoms with Gasteiger partial charge in [0.1, 0.15) is 5.03 Å². The summed E-state index contributed by atoms with van der Waals surface area (Å²) in [6.07, 6.45) is 1.69. The van der Waals surface area contributed by atoms with Gasteiger partial charge in [0.2, 0.25) is 0 Å². The van der Waals surface area contributed by atoms with E-state index in [0.717, 1.165) is 5.03 Å². The summed E-state index contributed by atoms with van der Waals surface area (Å²) in [6, 6.07) is 3.59. The molecule has 0 aliphatic heterocycles. The molecule has 0 atom stereocenters. The first kappa shape index (κ1) is 10.7. The van der Waals surface area contributed by atoms with E-state index in [9.17, 15) is 0 Å². The fourth-order valence-electron chi connectivity index (χ4n) is 0.693. The molecule has 0 bridgehead atoms. The zero-order valence-corrected chi connectivity index (χ0v) is 9.03. The minimum Gasteiger partial charge on any atom is -0.397 e. The van der Waals surface area contributed by atoms with E-state index in [1.54, 1.807) is 18.3 Å². The Morgan fingerprint density at radius 1 is 1.69 bits per heavy atom. The topological polar surface area (TPSA) is 38.9 Å². The molecular formula is C8H8Cl2N2S. The number of thioether (sulfide) groups is 1. The number of halogens is 2. The van der Waals surface area contributed by atoms with Crippen molar-refractivity contribution in [1.29, 1.82) is 0 Å². The SMILES string of the molecule is Nc1cccnc1SC/C(Cl)=C/Cl. The smallest absolute Gasteiger partial charge is 0.119 e. The molecule has 0 fully saturated rings. The number of nitrogens with zero attached hydrogens (tertiary/aromatic N) is 1. The number of aromatic nitrogens is 1. The van der Waals surface area contributed by atoms with Crippen LogP contribution in [0.2, 0.25) is 0 Å². The van der Waals surface area contributed by atoms with Crippen LogP contribution in [0.5, 0.6) is 0 Å². The summed E-state index contributed by atoms with van der Waals surface area (Å²) >= 11 is 12.6. The van der Waals surface area contributed by atoms with Crippen LogP contribution < -0.4 is 5.73 Å². The zero-order valence-electron chi connectivity index (χ0n) is 6.71. The van der Waals surface area contributed by atoms with Crippen molar-refractivity contribution in [3.63, 3.8) is 0 Å². The Kier molecular flexibility index (Phi) is 4.42. The van der Waals surface area contributed by atoms with Crippen LogP contribution in [0.4, 0.5) is 5.69 Å². The molecule has 0 spiro atoms. The van der Waals surface area contributed by atoms with Gasteiger partial charge in [0, 0.05) is 22.5 Å². The molecule has 70 valence electrons. The van der Waals surface area contributed by atoms with Crippen molar-refractivity contribution in [2.24, 2.45) is 0 Å². The molecule has 2 nitrogen and oxygen atoms in total. The summed E-state index contributed by atoms with van der Waals surface area (Å²) in [5, 5.41) is 1.36. The van der Waals surface area contributed by atoms with E-state index in [4.69, 9.17) is 28.9 Å². The number of nitrogen functional groups attached to an aromatic ring is 1. The number of hydrogen-bond acceptors (Lipinski definition) is 3. The molecule has 0 aromatic carbocycles. The summed E-state index contributed by atoms with van der Waals surface area (Å²) < 4.78 is 0. The lowest BCUT2D eigenvalue weighted by Gasteiger charge is -2.01. The molecule has 0 aliphatic rings. The lowest BCUT2D eigenvalue weighted by molar-refractivity contribution is 1.14. The van der Waals surface area contributed by atoms with Gasteiger partial charge in [0.25, 0.3) is 0 Å². The van der Waals surface area contributed by atoms with Gasteiger partial charge in [-0.15, -0.1) is 0 Å². The predicted octanol–water partition coefficient (Wildman–Crippen LogP) is 3.07. The first-order valence-corrected chi connectivity index (χ1v) is 5.32. The Morgan fingerprint density at radius 3 is 3.08 bits per heavy atom. The quantitative estimate of drug-likeness (QED) is 0.818. The second-order valence-corrected chi connectivity index (χ2v) is 3.91. The number of pyridine rings is 1. The average Bonchev–Trinajstić information content (AvgIpc) is 2.16. The third kappa shape index (κ3) is 3.46. The van der Waals surface area contributed by atoms with Crippen molar-refractivity contribution >= 4 is 40.7 Å². The Bertz CT molecular complexity index is 315. The highest BCUT2D eigenvalue weighted by atomic mass is 35.5. The Balaban J connectivity index is 2.60. The highest BCUT2D eigenvalue weighted by Crippen LogP contribution is 2.24. The van der Waals surface area contributed by atoms with Crippen LogP contribution >= 0.6 is 35.0 Å². The molecule has 0 aliphatic carbocycles. The van der Waals surface area contributed by atoms with Gasteiger partial charge in [-0.1, -0.05) is 35.0 Å².